The number of guanidine groups is 1. The summed E-state index contributed by atoms with van der Waals surface area (Å²) < 4.78 is 0. The number of aliphatic imine (C=N–C) groups is 1. The lowest BCUT2D eigenvalue weighted by Gasteiger charge is -2.25. The van der Waals surface area contributed by atoms with Crippen LogP contribution in [0.2, 0.25) is 0 Å². The Hall–Kier alpha value is -4.24. The summed E-state index contributed by atoms with van der Waals surface area (Å²) >= 11 is 0. The van der Waals surface area contributed by atoms with E-state index in [9.17, 15) is 29.1 Å². The fourth-order valence-corrected chi connectivity index (χ4v) is 3.69. The Balaban J connectivity index is 3.14. The zero-order valence-corrected chi connectivity index (χ0v) is 22.3. The van der Waals surface area contributed by atoms with Gasteiger partial charge in [-0.15, -0.1) is 0 Å². The Morgan fingerprint density at radius 2 is 1.38 bits per heavy atom. The molecule has 0 fully saturated rings. The van der Waals surface area contributed by atoms with Crippen molar-refractivity contribution < 1.29 is 34.2 Å². The Kier molecular flexibility index (Phi) is 15.3. The van der Waals surface area contributed by atoms with Gasteiger partial charge in [0.15, 0.2) is 5.96 Å². The van der Waals surface area contributed by atoms with E-state index in [1.165, 1.54) is 0 Å². The van der Waals surface area contributed by atoms with Crippen LogP contribution in [0.3, 0.4) is 0 Å². The minimum absolute atomic E-state index is 0.0285. The van der Waals surface area contributed by atoms with E-state index in [2.05, 4.69) is 20.9 Å². The van der Waals surface area contributed by atoms with Crippen LogP contribution in [0.15, 0.2) is 35.3 Å². The first-order valence-corrected chi connectivity index (χ1v) is 12.8. The van der Waals surface area contributed by atoms with Crippen LogP contribution in [0, 0.1) is 0 Å². The highest BCUT2D eigenvalue weighted by molar-refractivity contribution is 5.94. The maximum Gasteiger partial charge on any atom is 0.326 e. The number of carboxylic acids is 2. The number of nitrogens with two attached hydrogens (primary N) is 4. The van der Waals surface area contributed by atoms with Crippen LogP contribution >= 0.6 is 0 Å². The number of hydrogen-bond donors (Lipinski definition) is 9. The highest BCUT2D eigenvalue weighted by atomic mass is 16.4. The topological polar surface area (TPSA) is 278 Å². The van der Waals surface area contributed by atoms with Crippen LogP contribution in [0.5, 0.6) is 0 Å². The molecule has 4 atom stereocenters. The number of nitrogens with zero attached hydrogens (tertiary/aromatic N) is 1. The molecule has 4 unspecified atom stereocenters. The van der Waals surface area contributed by atoms with Crippen molar-refractivity contribution >= 4 is 35.6 Å². The maximum absolute atomic E-state index is 13.3. The van der Waals surface area contributed by atoms with Crippen LogP contribution in [0.25, 0.3) is 0 Å². The summed E-state index contributed by atoms with van der Waals surface area (Å²) in [6.07, 6.45) is 0.857. The molecular formula is C25H40N8O7. The zero-order valence-electron chi connectivity index (χ0n) is 22.3. The number of amides is 3. The SMILES string of the molecule is NCCCCC(NC(=O)C(Cc1ccccc1)NC(=O)C(CCCN=C(N)N)NC(=O)C(N)CC(=O)O)C(=O)O. The molecule has 222 valence electrons. The first-order valence-electron chi connectivity index (χ1n) is 12.8. The van der Waals surface area contributed by atoms with E-state index in [0.717, 1.165) is 0 Å². The molecule has 0 saturated carbocycles. The number of aliphatic carboxylic acids is 2. The average molecular weight is 565 g/mol. The number of carboxylic acid groups (broad SMARTS) is 2. The van der Waals surface area contributed by atoms with Gasteiger partial charge < -0.3 is 49.1 Å². The summed E-state index contributed by atoms with van der Waals surface area (Å²) in [5, 5.41) is 26.0. The molecule has 3 amide bonds. The normalized spacial score (nSPS) is 13.7. The molecule has 0 spiro atoms. The summed E-state index contributed by atoms with van der Waals surface area (Å²) in [5.74, 6) is -5.05. The number of carbonyl (C=O) groups is 5. The first kappa shape index (κ1) is 33.8. The van der Waals surface area contributed by atoms with Crippen molar-refractivity contribution in [2.24, 2.45) is 27.9 Å². The van der Waals surface area contributed by atoms with Gasteiger partial charge in [0.25, 0.3) is 0 Å². The standard InChI is InChI=1S/C25H40N8O7/c26-11-5-4-9-18(24(39)40)32-23(38)19(13-15-7-2-1-3-8-15)33-22(37)17(10-6-12-30-25(28)29)31-21(36)16(27)14-20(34)35/h1-3,7-8,16-19H,4-6,9-14,26-27H2,(H,31,36)(H,32,38)(H,33,37)(H,34,35)(H,39,40)(H4,28,29,30). The molecule has 0 aliphatic heterocycles. The summed E-state index contributed by atoms with van der Waals surface area (Å²) in [6, 6.07) is 3.71. The summed E-state index contributed by atoms with van der Waals surface area (Å²) in [4.78, 5) is 65.5. The van der Waals surface area contributed by atoms with Crippen molar-refractivity contribution in [2.45, 2.75) is 69.1 Å². The predicted molar refractivity (Wildman–Crippen MR) is 147 cm³/mol. The van der Waals surface area contributed by atoms with Crippen molar-refractivity contribution in [2.75, 3.05) is 13.1 Å². The minimum atomic E-state index is -1.42. The largest absolute Gasteiger partial charge is 0.481 e. The second kappa shape index (κ2) is 18.1. The maximum atomic E-state index is 13.3. The number of benzene rings is 1. The van der Waals surface area contributed by atoms with Gasteiger partial charge in [0.2, 0.25) is 17.7 Å². The number of carbonyl (C=O) groups excluding carboxylic acids is 3. The number of rotatable bonds is 19. The molecule has 40 heavy (non-hydrogen) atoms. The van der Waals surface area contributed by atoms with Crippen LogP contribution in [0.4, 0.5) is 0 Å². The minimum Gasteiger partial charge on any atom is -0.481 e. The molecule has 1 aromatic carbocycles. The van der Waals surface area contributed by atoms with Gasteiger partial charge >= 0.3 is 11.9 Å². The van der Waals surface area contributed by atoms with E-state index in [1.54, 1.807) is 30.3 Å². The van der Waals surface area contributed by atoms with Crippen molar-refractivity contribution in [1.82, 2.24) is 16.0 Å². The van der Waals surface area contributed by atoms with Crippen molar-refractivity contribution in [3.05, 3.63) is 35.9 Å². The molecule has 13 N–H and O–H groups in total. The van der Waals surface area contributed by atoms with Crippen LogP contribution in [-0.2, 0) is 30.4 Å². The van der Waals surface area contributed by atoms with Crippen molar-refractivity contribution in [1.29, 1.82) is 0 Å². The zero-order chi connectivity index (χ0) is 30.1. The molecule has 15 nitrogen and oxygen atoms in total. The number of nitrogens with one attached hydrogen (secondary N) is 3. The summed E-state index contributed by atoms with van der Waals surface area (Å²) in [5.41, 5.74) is 22.4. The third-order valence-electron chi connectivity index (χ3n) is 5.79. The molecule has 0 aliphatic carbocycles. The average Bonchev–Trinajstić information content (AvgIpc) is 2.89. The van der Waals surface area contributed by atoms with E-state index in [4.69, 9.17) is 28.0 Å². The Bertz CT molecular complexity index is 1020. The summed E-state index contributed by atoms with van der Waals surface area (Å²) in [7, 11) is 0. The van der Waals surface area contributed by atoms with E-state index in [-0.39, 0.29) is 38.2 Å². The van der Waals surface area contributed by atoms with Gasteiger partial charge in [0.1, 0.15) is 18.1 Å². The second-order valence-corrected chi connectivity index (χ2v) is 9.15. The number of unbranched alkanes of at least 4 members (excludes halogenated alkanes) is 1. The molecule has 0 heterocycles. The smallest absolute Gasteiger partial charge is 0.326 e. The molecule has 0 bridgehead atoms. The lowest BCUT2D eigenvalue weighted by atomic mass is 10.0. The Morgan fingerprint density at radius 3 is 1.95 bits per heavy atom. The molecule has 1 rings (SSSR count). The van der Waals surface area contributed by atoms with Gasteiger partial charge in [0.05, 0.1) is 12.5 Å². The van der Waals surface area contributed by atoms with E-state index in [1.807, 2.05) is 0 Å². The molecular weight excluding hydrogens is 524 g/mol. The third-order valence-corrected chi connectivity index (χ3v) is 5.79. The third kappa shape index (κ3) is 13.5. The molecule has 0 aliphatic rings. The van der Waals surface area contributed by atoms with Crippen LogP contribution in [0.1, 0.15) is 44.1 Å². The number of hydrogen-bond acceptors (Lipinski definition) is 8. The van der Waals surface area contributed by atoms with Gasteiger partial charge in [-0.25, -0.2) is 4.79 Å². The van der Waals surface area contributed by atoms with Crippen LogP contribution in [-0.4, -0.2) is 83.1 Å². The molecule has 0 saturated heterocycles. The highest BCUT2D eigenvalue weighted by Gasteiger charge is 2.30. The monoisotopic (exact) mass is 564 g/mol. The first-order chi connectivity index (χ1) is 18.9. The van der Waals surface area contributed by atoms with Crippen molar-refractivity contribution in [3.8, 4) is 0 Å². The van der Waals surface area contributed by atoms with Gasteiger partial charge in [-0.05, 0) is 44.2 Å². The van der Waals surface area contributed by atoms with Gasteiger partial charge in [-0.3, -0.25) is 24.2 Å². The molecule has 15 heteroatoms. The Morgan fingerprint density at radius 1 is 0.800 bits per heavy atom. The Labute approximate surface area is 232 Å². The second-order valence-electron chi connectivity index (χ2n) is 9.15. The molecule has 1 aromatic rings. The summed E-state index contributed by atoms with van der Waals surface area (Å²) in [6.45, 7) is 0.513. The highest BCUT2D eigenvalue weighted by Crippen LogP contribution is 2.08. The lowest BCUT2D eigenvalue weighted by molar-refractivity contribution is -0.142. The van der Waals surface area contributed by atoms with E-state index < -0.39 is 60.2 Å². The fourth-order valence-electron chi connectivity index (χ4n) is 3.69. The lowest BCUT2D eigenvalue weighted by Crippen LogP contribution is -2.57. The van der Waals surface area contributed by atoms with Gasteiger partial charge in [-0.1, -0.05) is 30.3 Å². The fraction of sp³-hybridized carbons (Fsp3) is 0.520. The predicted octanol–water partition coefficient (Wildman–Crippen LogP) is -2.25. The van der Waals surface area contributed by atoms with Crippen molar-refractivity contribution in [3.63, 3.8) is 0 Å². The molecule has 0 radical (unpaired) electrons. The van der Waals surface area contributed by atoms with Gasteiger partial charge in [0, 0.05) is 13.0 Å². The molecule has 0 aromatic heterocycles. The van der Waals surface area contributed by atoms with Gasteiger partial charge in [-0.2, -0.15) is 0 Å². The quantitative estimate of drug-likeness (QED) is 0.0491. The van der Waals surface area contributed by atoms with Crippen LogP contribution < -0.4 is 38.9 Å². The van der Waals surface area contributed by atoms with E-state index >= 15 is 0 Å². The van der Waals surface area contributed by atoms with E-state index in [0.29, 0.717) is 24.9 Å².